The van der Waals surface area contributed by atoms with Crippen molar-refractivity contribution in [3.8, 4) is 0 Å². The summed E-state index contributed by atoms with van der Waals surface area (Å²) >= 11 is 1.59. The van der Waals surface area contributed by atoms with E-state index in [1.54, 1.807) is 30.3 Å². The lowest BCUT2D eigenvalue weighted by Gasteiger charge is -2.15. The molecule has 0 fully saturated rings. The normalized spacial score (nSPS) is 10.1. The number of anilines is 1. The molecular formula is C9H14N2OS. The zero-order valence-electron chi connectivity index (χ0n) is 8.13. The molecule has 0 aliphatic rings. The molecule has 72 valence electrons. The zero-order valence-corrected chi connectivity index (χ0v) is 8.94. The molecule has 0 bridgehead atoms. The molecule has 0 radical (unpaired) electrons. The number of carbonyl (C=O) groups excluding carboxylic acids is 1. The highest BCUT2D eigenvalue weighted by molar-refractivity contribution is 7.14. The van der Waals surface area contributed by atoms with E-state index in [0.717, 1.165) is 10.6 Å². The van der Waals surface area contributed by atoms with Gasteiger partial charge in [0.15, 0.2) is 0 Å². The molecule has 1 heterocycles. The van der Waals surface area contributed by atoms with Crippen molar-refractivity contribution in [3.05, 3.63) is 17.0 Å². The van der Waals surface area contributed by atoms with Crippen LogP contribution in [0, 0.1) is 6.92 Å². The van der Waals surface area contributed by atoms with Crippen LogP contribution in [-0.2, 0) is 4.79 Å². The van der Waals surface area contributed by atoms with Gasteiger partial charge in [0, 0.05) is 7.05 Å². The molecular weight excluding hydrogens is 184 g/mol. The van der Waals surface area contributed by atoms with Crippen molar-refractivity contribution in [3.63, 3.8) is 0 Å². The Kier molecular flexibility index (Phi) is 3.45. The van der Waals surface area contributed by atoms with Crippen LogP contribution in [0.25, 0.3) is 0 Å². The van der Waals surface area contributed by atoms with Gasteiger partial charge in [-0.05, 0) is 31.0 Å². The third-order valence-corrected chi connectivity index (χ3v) is 2.93. The average Bonchev–Trinajstić information content (AvgIpc) is 2.50. The first-order chi connectivity index (χ1) is 6.16. The molecule has 0 saturated carbocycles. The van der Waals surface area contributed by atoms with Crippen LogP contribution in [0.3, 0.4) is 0 Å². The predicted octanol–water partition coefficient (Wildman–Crippen LogP) is 1.24. The minimum Gasteiger partial charge on any atom is -0.311 e. The van der Waals surface area contributed by atoms with Gasteiger partial charge < -0.3 is 10.2 Å². The maximum Gasteiger partial charge on any atom is 0.241 e. The smallest absolute Gasteiger partial charge is 0.241 e. The van der Waals surface area contributed by atoms with Gasteiger partial charge in [-0.1, -0.05) is 0 Å². The van der Waals surface area contributed by atoms with E-state index in [-0.39, 0.29) is 5.91 Å². The van der Waals surface area contributed by atoms with Crippen molar-refractivity contribution in [2.75, 3.05) is 25.5 Å². The number of aryl methyl sites for hydroxylation is 1. The van der Waals surface area contributed by atoms with E-state index in [1.165, 1.54) is 0 Å². The van der Waals surface area contributed by atoms with E-state index in [4.69, 9.17) is 0 Å². The fourth-order valence-corrected chi connectivity index (χ4v) is 2.01. The van der Waals surface area contributed by atoms with Crippen LogP contribution in [0.4, 0.5) is 5.00 Å². The molecule has 3 nitrogen and oxygen atoms in total. The molecule has 13 heavy (non-hydrogen) atoms. The average molecular weight is 198 g/mol. The quantitative estimate of drug-likeness (QED) is 0.792. The van der Waals surface area contributed by atoms with Crippen molar-refractivity contribution in [2.24, 2.45) is 0 Å². The SMILES string of the molecule is CNCC(=O)N(C)c1sccc1C. The van der Waals surface area contributed by atoms with Crippen LogP contribution in [-0.4, -0.2) is 26.5 Å². The molecule has 4 heteroatoms. The van der Waals surface area contributed by atoms with Gasteiger partial charge in [0.25, 0.3) is 0 Å². The lowest BCUT2D eigenvalue weighted by atomic mass is 10.3. The Morgan fingerprint density at radius 2 is 2.38 bits per heavy atom. The Hall–Kier alpha value is -0.870. The third kappa shape index (κ3) is 2.29. The van der Waals surface area contributed by atoms with Crippen LogP contribution in [0.2, 0.25) is 0 Å². The monoisotopic (exact) mass is 198 g/mol. The van der Waals surface area contributed by atoms with Crippen LogP contribution in [0.5, 0.6) is 0 Å². The molecule has 0 atom stereocenters. The second-order valence-electron chi connectivity index (χ2n) is 2.89. The summed E-state index contributed by atoms with van der Waals surface area (Å²) in [6.07, 6.45) is 0. The summed E-state index contributed by atoms with van der Waals surface area (Å²) in [7, 11) is 3.57. The van der Waals surface area contributed by atoms with Gasteiger partial charge in [0.05, 0.1) is 6.54 Å². The predicted molar refractivity (Wildman–Crippen MR) is 56.4 cm³/mol. The van der Waals surface area contributed by atoms with E-state index >= 15 is 0 Å². The number of nitrogens with zero attached hydrogens (tertiary/aromatic N) is 1. The van der Waals surface area contributed by atoms with Crippen molar-refractivity contribution in [2.45, 2.75) is 6.92 Å². The molecule has 1 rings (SSSR count). The van der Waals surface area contributed by atoms with Crippen LogP contribution < -0.4 is 10.2 Å². The first-order valence-corrected chi connectivity index (χ1v) is 5.00. The summed E-state index contributed by atoms with van der Waals surface area (Å²) in [6.45, 7) is 2.39. The van der Waals surface area contributed by atoms with E-state index in [0.29, 0.717) is 6.54 Å². The van der Waals surface area contributed by atoms with Gasteiger partial charge in [0.1, 0.15) is 5.00 Å². The van der Waals surface area contributed by atoms with Crippen LogP contribution in [0.15, 0.2) is 11.4 Å². The molecule has 0 aromatic carbocycles. The third-order valence-electron chi connectivity index (χ3n) is 1.84. The summed E-state index contributed by atoms with van der Waals surface area (Å²) in [5.74, 6) is 0.0908. The first kappa shape index (κ1) is 10.2. The van der Waals surface area contributed by atoms with Gasteiger partial charge in [-0.2, -0.15) is 0 Å². The Morgan fingerprint density at radius 1 is 1.69 bits per heavy atom. The summed E-state index contributed by atoms with van der Waals surface area (Å²) < 4.78 is 0. The molecule has 0 spiro atoms. The van der Waals surface area contributed by atoms with Crippen molar-refractivity contribution in [1.29, 1.82) is 0 Å². The summed E-state index contributed by atoms with van der Waals surface area (Å²) in [4.78, 5) is 13.2. The second kappa shape index (κ2) is 4.39. The lowest BCUT2D eigenvalue weighted by Crippen LogP contribution is -2.33. The van der Waals surface area contributed by atoms with Crippen molar-refractivity contribution >= 4 is 22.2 Å². The molecule has 0 aliphatic carbocycles. The summed E-state index contributed by atoms with van der Waals surface area (Å²) in [5.41, 5.74) is 1.15. The maximum absolute atomic E-state index is 11.5. The zero-order chi connectivity index (χ0) is 9.84. The number of rotatable bonds is 3. The fourth-order valence-electron chi connectivity index (χ4n) is 1.09. The second-order valence-corrected chi connectivity index (χ2v) is 3.79. The number of likely N-dealkylation sites (N-methyl/N-ethyl adjacent to an activating group) is 2. The topological polar surface area (TPSA) is 32.3 Å². The van der Waals surface area contributed by atoms with Gasteiger partial charge in [-0.3, -0.25) is 4.79 Å². The largest absolute Gasteiger partial charge is 0.311 e. The van der Waals surface area contributed by atoms with Crippen LogP contribution >= 0.6 is 11.3 Å². The highest BCUT2D eigenvalue weighted by Crippen LogP contribution is 2.25. The van der Waals surface area contributed by atoms with Crippen molar-refractivity contribution in [1.82, 2.24) is 5.32 Å². The Labute approximate surface area is 82.4 Å². The minimum absolute atomic E-state index is 0.0908. The maximum atomic E-state index is 11.5. The molecule has 1 N–H and O–H groups in total. The number of amides is 1. The van der Waals surface area contributed by atoms with Gasteiger partial charge in [0.2, 0.25) is 5.91 Å². The van der Waals surface area contributed by atoms with E-state index in [1.807, 2.05) is 18.4 Å². The highest BCUT2D eigenvalue weighted by atomic mass is 32.1. The van der Waals surface area contributed by atoms with E-state index in [9.17, 15) is 4.79 Å². The van der Waals surface area contributed by atoms with Crippen molar-refractivity contribution < 1.29 is 4.79 Å². The summed E-state index contributed by atoms with van der Waals surface area (Å²) in [6, 6.07) is 2.02. The molecule has 1 aromatic heterocycles. The van der Waals surface area contributed by atoms with Crippen LogP contribution in [0.1, 0.15) is 5.56 Å². The lowest BCUT2D eigenvalue weighted by molar-refractivity contribution is -0.117. The van der Waals surface area contributed by atoms with E-state index < -0.39 is 0 Å². The molecule has 1 aromatic rings. The Morgan fingerprint density at radius 3 is 2.85 bits per heavy atom. The fraction of sp³-hybridized carbons (Fsp3) is 0.444. The number of thiophene rings is 1. The summed E-state index contributed by atoms with van der Waals surface area (Å²) in [5, 5.41) is 5.87. The Bertz CT molecular complexity index is 296. The first-order valence-electron chi connectivity index (χ1n) is 4.12. The minimum atomic E-state index is 0.0908. The highest BCUT2D eigenvalue weighted by Gasteiger charge is 2.12. The number of hydrogen-bond acceptors (Lipinski definition) is 3. The Balaban J connectivity index is 2.73. The van der Waals surface area contributed by atoms with Gasteiger partial charge in [-0.15, -0.1) is 11.3 Å². The molecule has 0 unspecified atom stereocenters. The van der Waals surface area contributed by atoms with E-state index in [2.05, 4.69) is 5.32 Å². The number of carbonyl (C=O) groups is 1. The molecule has 0 aliphatic heterocycles. The van der Waals surface area contributed by atoms with Gasteiger partial charge in [-0.25, -0.2) is 0 Å². The molecule has 0 saturated heterocycles. The standard InChI is InChI=1S/C9H14N2OS/c1-7-4-5-13-9(7)11(3)8(12)6-10-2/h4-5,10H,6H2,1-3H3. The number of nitrogens with one attached hydrogen (secondary N) is 1. The number of hydrogen-bond donors (Lipinski definition) is 1. The van der Waals surface area contributed by atoms with Gasteiger partial charge >= 0.3 is 0 Å². The molecule has 1 amide bonds.